The number of benzene rings is 1. The van der Waals surface area contributed by atoms with Crippen LogP contribution in [0.5, 0.6) is 0 Å². The Bertz CT molecular complexity index is 713. The Morgan fingerprint density at radius 1 is 1.25 bits per heavy atom. The molecule has 0 radical (unpaired) electrons. The van der Waals surface area contributed by atoms with E-state index in [1.165, 1.54) is 4.68 Å². The molecule has 0 unspecified atom stereocenters. The third-order valence-corrected chi connectivity index (χ3v) is 4.51. The normalized spacial score (nSPS) is 11.4. The quantitative estimate of drug-likeness (QED) is 0.579. The Morgan fingerprint density at radius 3 is 2.30 bits per heavy atom. The number of nitrogens with one attached hydrogen (secondary N) is 2. The van der Waals surface area contributed by atoms with Crippen molar-refractivity contribution in [2.75, 3.05) is 10.1 Å². The van der Waals surface area contributed by atoms with Gasteiger partial charge in [-0.3, -0.25) is 15.2 Å². The molecule has 0 atom stereocenters. The van der Waals surface area contributed by atoms with Gasteiger partial charge in [0, 0.05) is 25.0 Å². The summed E-state index contributed by atoms with van der Waals surface area (Å²) in [5.74, 6) is 5.63. The summed E-state index contributed by atoms with van der Waals surface area (Å²) in [6, 6.07) is 4.96. The number of aromatic nitrogens is 2. The number of anilines is 2. The molecule has 8 heteroatoms. The van der Waals surface area contributed by atoms with Crippen LogP contribution in [0.15, 0.2) is 29.3 Å². The van der Waals surface area contributed by atoms with E-state index in [2.05, 4.69) is 15.2 Å². The van der Waals surface area contributed by atoms with Gasteiger partial charge in [0.1, 0.15) is 0 Å². The van der Waals surface area contributed by atoms with Crippen LogP contribution in [0.1, 0.15) is 11.1 Å². The molecule has 2 rings (SSSR count). The Balaban J connectivity index is 2.44. The molecule has 4 N–H and O–H groups in total. The summed E-state index contributed by atoms with van der Waals surface area (Å²) in [4.78, 5) is 0.238. The minimum absolute atomic E-state index is 0.238. The SMILES string of the molecule is Cc1cc(NN)cc(C)c1S(=O)(=O)Nc1ccn(C)n1. The topological polar surface area (TPSA) is 102 Å². The van der Waals surface area contributed by atoms with Crippen molar-refractivity contribution in [3.8, 4) is 0 Å². The highest BCUT2D eigenvalue weighted by Gasteiger charge is 2.21. The molecular weight excluding hydrogens is 278 g/mol. The fraction of sp³-hybridized carbons (Fsp3) is 0.250. The van der Waals surface area contributed by atoms with E-state index in [0.717, 1.165) is 0 Å². The number of nitrogens with two attached hydrogens (primary N) is 1. The van der Waals surface area contributed by atoms with Crippen LogP contribution in [0.3, 0.4) is 0 Å². The first-order chi connectivity index (χ1) is 9.33. The van der Waals surface area contributed by atoms with E-state index < -0.39 is 10.0 Å². The van der Waals surface area contributed by atoms with E-state index in [-0.39, 0.29) is 10.7 Å². The monoisotopic (exact) mass is 295 g/mol. The first-order valence-corrected chi connectivity index (χ1v) is 7.42. The molecule has 2 aromatic rings. The van der Waals surface area contributed by atoms with Gasteiger partial charge in [0.15, 0.2) is 5.82 Å². The number of hydrogen-bond acceptors (Lipinski definition) is 5. The predicted octanol–water partition coefficient (Wildman–Crippen LogP) is 1.12. The number of sulfonamides is 1. The second kappa shape index (κ2) is 5.14. The molecule has 0 spiro atoms. The predicted molar refractivity (Wildman–Crippen MR) is 77.7 cm³/mol. The molecular formula is C12H17N5O2S. The maximum atomic E-state index is 12.4. The Kier molecular flexibility index (Phi) is 3.69. The van der Waals surface area contributed by atoms with Crippen molar-refractivity contribution in [1.82, 2.24) is 9.78 Å². The molecule has 0 aliphatic heterocycles. The zero-order valence-corrected chi connectivity index (χ0v) is 12.3. The summed E-state index contributed by atoms with van der Waals surface area (Å²) in [7, 11) is -1.96. The highest BCUT2D eigenvalue weighted by molar-refractivity contribution is 7.92. The average Bonchev–Trinajstić information content (AvgIpc) is 2.72. The van der Waals surface area contributed by atoms with Gasteiger partial charge in [-0.15, -0.1) is 0 Å². The summed E-state index contributed by atoms with van der Waals surface area (Å²) in [6.45, 7) is 3.45. The third-order valence-electron chi connectivity index (χ3n) is 2.85. The molecule has 0 fully saturated rings. The second-order valence-corrected chi connectivity index (χ2v) is 6.18. The summed E-state index contributed by atoms with van der Waals surface area (Å²) < 4.78 is 28.9. The molecule has 1 aromatic carbocycles. The Hall–Kier alpha value is -2.06. The molecule has 20 heavy (non-hydrogen) atoms. The van der Waals surface area contributed by atoms with Gasteiger partial charge < -0.3 is 5.43 Å². The molecule has 0 bridgehead atoms. The highest BCUT2D eigenvalue weighted by Crippen LogP contribution is 2.25. The van der Waals surface area contributed by atoms with Gasteiger partial charge in [0.2, 0.25) is 0 Å². The van der Waals surface area contributed by atoms with Crippen LogP contribution in [-0.2, 0) is 17.1 Å². The van der Waals surface area contributed by atoms with E-state index in [1.54, 1.807) is 45.3 Å². The molecule has 0 aliphatic carbocycles. The maximum absolute atomic E-state index is 12.4. The van der Waals surface area contributed by atoms with Gasteiger partial charge in [-0.05, 0) is 37.1 Å². The van der Waals surface area contributed by atoms with E-state index in [9.17, 15) is 8.42 Å². The van der Waals surface area contributed by atoms with Crippen molar-refractivity contribution in [2.45, 2.75) is 18.7 Å². The fourth-order valence-electron chi connectivity index (χ4n) is 2.12. The molecule has 1 heterocycles. The van der Waals surface area contributed by atoms with Crippen LogP contribution in [0.25, 0.3) is 0 Å². The van der Waals surface area contributed by atoms with Gasteiger partial charge in [-0.1, -0.05) is 0 Å². The van der Waals surface area contributed by atoms with Crippen LogP contribution >= 0.6 is 0 Å². The molecule has 0 amide bonds. The first kappa shape index (κ1) is 14.4. The number of nitrogen functional groups attached to an aromatic ring is 1. The zero-order valence-electron chi connectivity index (χ0n) is 11.5. The minimum atomic E-state index is -3.68. The van der Waals surface area contributed by atoms with E-state index in [0.29, 0.717) is 16.8 Å². The number of rotatable bonds is 4. The van der Waals surface area contributed by atoms with Crippen molar-refractivity contribution in [1.29, 1.82) is 0 Å². The summed E-state index contributed by atoms with van der Waals surface area (Å²) >= 11 is 0. The molecule has 7 nitrogen and oxygen atoms in total. The molecule has 108 valence electrons. The number of hydrogen-bond donors (Lipinski definition) is 3. The van der Waals surface area contributed by atoms with Gasteiger partial charge >= 0.3 is 0 Å². The van der Waals surface area contributed by atoms with Crippen molar-refractivity contribution in [3.63, 3.8) is 0 Å². The second-order valence-electron chi connectivity index (χ2n) is 4.56. The lowest BCUT2D eigenvalue weighted by Crippen LogP contribution is -2.17. The molecule has 0 saturated carbocycles. The highest BCUT2D eigenvalue weighted by atomic mass is 32.2. The molecule has 0 saturated heterocycles. The van der Waals surface area contributed by atoms with Crippen molar-refractivity contribution in [2.24, 2.45) is 12.9 Å². The zero-order chi connectivity index (χ0) is 14.9. The Morgan fingerprint density at radius 2 is 1.85 bits per heavy atom. The van der Waals surface area contributed by atoms with Gasteiger partial charge in [-0.25, -0.2) is 8.42 Å². The largest absolute Gasteiger partial charge is 0.324 e. The van der Waals surface area contributed by atoms with Crippen molar-refractivity contribution < 1.29 is 8.42 Å². The van der Waals surface area contributed by atoms with Crippen LogP contribution in [0.4, 0.5) is 11.5 Å². The maximum Gasteiger partial charge on any atom is 0.263 e. The van der Waals surface area contributed by atoms with Crippen molar-refractivity contribution in [3.05, 3.63) is 35.5 Å². The minimum Gasteiger partial charge on any atom is -0.324 e. The van der Waals surface area contributed by atoms with Crippen LogP contribution in [0.2, 0.25) is 0 Å². The van der Waals surface area contributed by atoms with E-state index in [1.807, 2.05) is 0 Å². The van der Waals surface area contributed by atoms with Crippen LogP contribution in [0, 0.1) is 13.8 Å². The smallest absolute Gasteiger partial charge is 0.263 e. The lowest BCUT2D eigenvalue weighted by molar-refractivity contribution is 0.599. The van der Waals surface area contributed by atoms with Gasteiger partial charge in [0.05, 0.1) is 4.90 Å². The molecule has 1 aromatic heterocycles. The number of hydrazine groups is 1. The van der Waals surface area contributed by atoms with Crippen LogP contribution < -0.4 is 16.0 Å². The summed E-state index contributed by atoms with van der Waals surface area (Å²) in [5.41, 5.74) is 4.40. The average molecular weight is 295 g/mol. The summed E-state index contributed by atoms with van der Waals surface area (Å²) in [6.07, 6.45) is 1.67. The standard InChI is InChI=1S/C12H17N5O2S/c1-8-6-10(14-13)7-9(2)12(8)20(18,19)16-11-4-5-17(3)15-11/h4-7,14H,13H2,1-3H3,(H,15,16). The van der Waals surface area contributed by atoms with E-state index in [4.69, 9.17) is 5.84 Å². The first-order valence-electron chi connectivity index (χ1n) is 5.94. The lowest BCUT2D eigenvalue weighted by atomic mass is 10.1. The lowest BCUT2D eigenvalue weighted by Gasteiger charge is -2.13. The van der Waals surface area contributed by atoms with Crippen molar-refractivity contribution >= 4 is 21.5 Å². The van der Waals surface area contributed by atoms with Gasteiger partial charge in [0.25, 0.3) is 10.0 Å². The molecule has 0 aliphatic rings. The van der Waals surface area contributed by atoms with Gasteiger partial charge in [-0.2, -0.15) is 5.10 Å². The van der Waals surface area contributed by atoms with E-state index >= 15 is 0 Å². The summed E-state index contributed by atoms with van der Waals surface area (Å²) in [5, 5.41) is 4.01. The number of nitrogens with zero attached hydrogens (tertiary/aromatic N) is 2. The fourth-order valence-corrected chi connectivity index (χ4v) is 3.57. The number of aryl methyl sites for hydroxylation is 3. The van der Waals surface area contributed by atoms with Crippen LogP contribution in [-0.4, -0.2) is 18.2 Å². The Labute approximate surface area is 117 Å². The third kappa shape index (κ3) is 2.75.